The number of nitrogens with zero attached hydrogens (tertiary/aromatic N) is 3. The molecule has 2 amide bonds. The Kier molecular flexibility index (Phi) is 7.55. The molecule has 0 atom stereocenters. The first kappa shape index (κ1) is 22.9. The Hall–Kier alpha value is -3.73. The first-order valence-corrected chi connectivity index (χ1v) is 10.7. The summed E-state index contributed by atoms with van der Waals surface area (Å²) in [7, 11) is 1.50. The van der Waals surface area contributed by atoms with Crippen LogP contribution in [0.2, 0.25) is 0 Å². The van der Waals surface area contributed by atoms with Crippen molar-refractivity contribution in [1.29, 1.82) is 0 Å². The fourth-order valence-corrected chi connectivity index (χ4v) is 3.52. The number of thioether (sulfide) groups is 1. The number of ether oxygens (including phenoxy) is 2. The van der Waals surface area contributed by atoms with E-state index in [-0.39, 0.29) is 17.6 Å². The second-order valence-corrected chi connectivity index (χ2v) is 7.51. The number of rotatable bonds is 9. The van der Waals surface area contributed by atoms with E-state index in [2.05, 4.69) is 20.8 Å². The molecular formula is C21H24N6O4S. The third-order valence-corrected chi connectivity index (χ3v) is 5.14. The molecule has 0 unspecified atom stereocenters. The van der Waals surface area contributed by atoms with Gasteiger partial charge in [-0.3, -0.25) is 9.59 Å². The van der Waals surface area contributed by atoms with E-state index >= 15 is 0 Å². The van der Waals surface area contributed by atoms with Gasteiger partial charge >= 0.3 is 0 Å². The molecule has 1 aromatic heterocycles. The van der Waals surface area contributed by atoms with Crippen LogP contribution in [0.3, 0.4) is 0 Å². The largest absolute Gasteiger partial charge is 0.495 e. The van der Waals surface area contributed by atoms with Crippen molar-refractivity contribution in [1.82, 2.24) is 14.9 Å². The van der Waals surface area contributed by atoms with Crippen LogP contribution in [0.1, 0.15) is 13.8 Å². The van der Waals surface area contributed by atoms with E-state index < -0.39 is 0 Å². The molecule has 168 valence electrons. The molecule has 0 saturated carbocycles. The third-order valence-electron chi connectivity index (χ3n) is 4.19. The minimum atomic E-state index is -0.295. The molecule has 10 nitrogen and oxygen atoms in total. The van der Waals surface area contributed by atoms with Crippen molar-refractivity contribution in [3.63, 3.8) is 0 Å². The van der Waals surface area contributed by atoms with E-state index in [9.17, 15) is 9.59 Å². The van der Waals surface area contributed by atoms with Gasteiger partial charge in [-0.15, -0.1) is 10.2 Å². The number of methoxy groups -OCH3 is 1. The van der Waals surface area contributed by atoms with E-state index in [1.165, 1.54) is 18.7 Å². The van der Waals surface area contributed by atoms with Gasteiger partial charge < -0.3 is 25.9 Å². The van der Waals surface area contributed by atoms with E-state index in [4.69, 9.17) is 15.3 Å². The molecule has 2 aromatic carbocycles. The van der Waals surface area contributed by atoms with Gasteiger partial charge in [-0.2, -0.15) is 0 Å². The Morgan fingerprint density at radius 2 is 1.97 bits per heavy atom. The van der Waals surface area contributed by atoms with E-state index in [0.717, 1.165) is 17.3 Å². The van der Waals surface area contributed by atoms with Crippen LogP contribution in [-0.4, -0.2) is 46.2 Å². The summed E-state index contributed by atoms with van der Waals surface area (Å²) in [5.74, 6) is 7.31. The summed E-state index contributed by atoms with van der Waals surface area (Å²) in [6.07, 6.45) is 0. The van der Waals surface area contributed by atoms with E-state index in [0.29, 0.717) is 40.5 Å². The lowest BCUT2D eigenvalue weighted by atomic mass is 10.2. The summed E-state index contributed by atoms with van der Waals surface area (Å²) in [5, 5.41) is 14.0. The fourth-order valence-electron chi connectivity index (χ4n) is 2.87. The van der Waals surface area contributed by atoms with Crippen molar-refractivity contribution in [3.8, 4) is 22.9 Å². The molecule has 0 aliphatic heterocycles. The van der Waals surface area contributed by atoms with Crippen LogP contribution in [0.15, 0.2) is 47.6 Å². The highest BCUT2D eigenvalue weighted by Gasteiger charge is 2.15. The van der Waals surface area contributed by atoms with E-state index in [1.807, 2.05) is 31.2 Å². The SMILES string of the molecule is CCOc1cccc(-c2nnc(SCC(=O)Nc3cc(NC(C)=O)ccc3OC)n2N)c1. The number of benzene rings is 2. The van der Waals surface area contributed by atoms with Crippen LogP contribution < -0.4 is 25.9 Å². The summed E-state index contributed by atoms with van der Waals surface area (Å²) in [6.45, 7) is 3.86. The van der Waals surface area contributed by atoms with Gasteiger partial charge in [0.25, 0.3) is 0 Å². The summed E-state index contributed by atoms with van der Waals surface area (Å²) in [5.41, 5.74) is 1.73. The van der Waals surface area contributed by atoms with Crippen molar-refractivity contribution in [2.75, 3.05) is 35.9 Å². The molecule has 3 rings (SSSR count). The van der Waals surface area contributed by atoms with Crippen LogP contribution in [-0.2, 0) is 9.59 Å². The van der Waals surface area contributed by atoms with Gasteiger partial charge in [-0.25, -0.2) is 4.68 Å². The molecule has 0 spiro atoms. The molecule has 0 fully saturated rings. The number of nitrogens with one attached hydrogen (secondary N) is 2. The molecule has 0 radical (unpaired) electrons. The minimum absolute atomic E-state index is 0.0435. The number of amides is 2. The monoisotopic (exact) mass is 456 g/mol. The van der Waals surface area contributed by atoms with Crippen LogP contribution in [0.4, 0.5) is 11.4 Å². The lowest BCUT2D eigenvalue weighted by Gasteiger charge is -2.12. The molecule has 0 aliphatic rings. The molecule has 11 heteroatoms. The molecule has 3 aromatic rings. The number of hydrogen-bond acceptors (Lipinski definition) is 8. The summed E-state index contributed by atoms with van der Waals surface area (Å²) >= 11 is 1.14. The summed E-state index contributed by atoms with van der Waals surface area (Å²) in [4.78, 5) is 23.8. The molecule has 0 bridgehead atoms. The topological polar surface area (TPSA) is 133 Å². The van der Waals surface area contributed by atoms with Gasteiger partial charge in [-0.05, 0) is 37.3 Å². The number of aromatic nitrogens is 3. The average molecular weight is 457 g/mol. The molecule has 4 N–H and O–H groups in total. The lowest BCUT2D eigenvalue weighted by Crippen LogP contribution is -2.17. The number of nitrogens with two attached hydrogens (primary N) is 1. The van der Waals surface area contributed by atoms with E-state index in [1.54, 1.807) is 18.2 Å². The first-order chi connectivity index (χ1) is 15.4. The van der Waals surface area contributed by atoms with Crippen molar-refractivity contribution in [3.05, 3.63) is 42.5 Å². The number of anilines is 2. The van der Waals surface area contributed by atoms with Gasteiger partial charge in [0, 0.05) is 18.2 Å². The second kappa shape index (κ2) is 10.5. The molecule has 0 aliphatic carbocycles. The Labute approximate surface area is 189 Å². The molecule has 32 heavy (non-hydrogen) atoms. The molecular weight excluding hydrogens is 432 g/mol. The van der Waals surface area contributed by atoms with Gasteiger partial charge in [0.15, 0.2) is 5.82 Å². The standard InChI is InChI=1S/C21H24N6O4S/c1-4-31-16-7-5-6-14(10-16)20-25-26-21(27(20)22)32-12-19(29)24-17-11-15(23-13(2)28)8-9-18(17)30-3/h5-11H,4,12,22H2,1-3H3,(H,23,28)(H,24,29). The van der Waals surface area contributed by atoms with Gasteiger partial charge in [-0.1, -0.05) is 23.9 Å². The zero-order valence-electron chi connectivity index (χ0n) is 17.9. The third kappa shape index (κ3) is 5.70. The van der Waals surface area contributed by atoms with Gasteiger partial charge in [0.2, 0.25) is 17.0 Å². The van der Waals surface area contributed by atoms with Crippen molar-refractivity contribution < 1.29 is 19.1 Å². The van der Waals surface area contributed by atoms with Crippen molar-refractivity contribution in [2.24, 2.45) is 0 Å². The maximum Gasteiger partial charge on any atom is 0.234 e. The van der Waals surface area contributed by atoms with Crippen molar-refractivity contribution in [2.45, 2.75) is 19.0 Å². The van der Waals surface area contributed by atoms with Crippen molar-refractivity contribution >= 4 is 35.0 Å². The lowest BCUT2D eigenvalue weighted by molar-refractivity contribution is -0.114. The molecule has 0 saturated heterocycles. The van der Waals surface area contributed by atoms with Crippen LogP contribution in [0.5, 0.6) is 11.5 Å². The van der Waals surface area contributed by atoms with Crippen LogP contribution in [0, 0.1) is 0 Å². The predicted octanol–water partition coefficient (Wildman–Crippen LogP) is 2.76. The smallest absolute Gasteiger partial charge is 0.234 e. The van der Waals surface area contributed by atoms with Crippen LogP contribution >= 0.6 is 11.8 Å². The number of hydrogen-bond donors (Lipinski definition) is 3. The predicted molar refractivity (Wildman–Crippen MR) is 123 cm³/mol. The highest BCUT2D eigenvalue weighted by molar-refractivity contribution is 7.99. The Balaban J connectivity index is 1.67. The maximum absolute atomic E-state index is 12.5. The number of nitrogen functional groups attached to an aromatic ring is 1. The average Bonchev–Trinajstić information content (AvgIpc) is 3.13. The van der Waals surface area contributed by atoms with Gasteiger partial charge in [0.05, 0.1) is 25.2 Å². The zero-order chi connectivity index (χ0) is 23.1. The highest BCUT2D eigenvalue weighted by atomic mass is 32.2. The fraction of sp³-hybridized carbons (Fsp3) is 0.238. The normalized spacial score (nSPS) is 10.5. The highest BCUT2D eigenvalue weighted by Crippen LogP contribution is 2.29. The number of carbonyl (C=O) groups is 2. The Morgan fingerprint density at radius 3 is 2.69 bits per heavy atom. The minimum Gasteiger partial charge on any atom is -0.495 e. The summed E-state index contributed by atoms with van der Waals surface area (Å²) in [6, 6.07) is 12.3. The maximum atomic E-state index is 12.5. The number of carbonyl (C=O) groups excluding carboxylic acids is 2. The summed E-state index contributed by atoms with van der Waals surface area (Å²) < 4.78 is 12.1. The first-order valence-electron chi connectivity index (χ1n) is 9.73. The van der Waals surface area contributed by atoms with Gasteiger partial charge in [0.1, 0.15) is 11.5 Å². The Morgan fingerprint density at radius 1 is 1.16 bits per heavy atom. The molecule has 1 heterocycles. The Bertz CT molecular complexity index is 1120. The second-order valence-electron chi connectivity index (χ2n) is 6.57. The zero-order valence-corrected chi connectivity index (χ0v) is 18.7. The van der Waals surface area contributed by atoms with Crippen LogP contribution in [0.25, 0.3) is 11.4 Å². The quantitative estimate of drug-likeness (QED) is 0.331.